The number of nitrogens with two attached hydrogens (primary N) is 2. The number of amides is 1. The maximum absolute atomic E-state index is 11.6. The highest BCUT2D eigenvalue weighted by molar-refractivity contribution is 7.89. The van der Waals surface area contributed by atoms with Crippen LogP contribution in [0.2, 0.25) is 5.02 Å². The molecule has 0 radical (unpaired) electrons. The molecule has 2 rings (SSSR count). The fourth-order valence-electron chi connectivity index (χ4n) is 1.71. The molecule has 0 fully saturated rings. The van der Waals surface area contributed by atoms with E-state index in [1.807, 2.05) is 0 Å². The van der Waals surface area contributed by atoms with Gasteiger partial charge in [-0.05, 0) is 24.3 Å². The van der Waals surface area contributed by atoms with Gasteiger partial charge in [0.1, 0.15) is 10.7 Å². The first kappa shape index (κ1) is 15.4. The van der Waals surface area contributed by atoms with Crippen molar-refractivity contribution in [2.75, 3.05) is 5.32 Å². The molecule has 1 heterocycles. The number of primary sulfonamides is 1. The number of hydrogen-bond donors (Lipinski definition) is 3. The molecule has 112 valence electrons. The first-order valence-corrected chi connectivity index (χ1v) is 7.64. The number of primary amides is 1. The van der Waals surface area contributed by atoms with Gasteiger partial charge in [-0.1, -0.05) is 11.6 Å². The maximum Gasteiger partial charge on any atom is 0.250 e. The highest BCUT2D eigenvalue weighted by atomic mass is 35.5. The second kappa shape index (κ2) is 5.76. The molecule has 0 saturated heterocycles. The first-order valence-electron chi connectivity index (χ1n) is 5.71. The third kappa shape index (κ3) is 3.54. The Morgan fingerprint density at radius 3 is 2.62 bits per heavy atom. The zero-order valence-electron chi connectivity index (χ0n) is 10.7. The lowest BCUT2D eigenvalue weighted by Crippen LogP contribution is -2.18. The minimum absolute atomic E-state index is 0.0249. The van der Waals surface area contributed by atoms with E-state index in [1.165, 1.54) is 12.3 Å². The molecule has 0 unspecified atom stereocenters. The molecule has 0 bridgehead atoms. The molecule has 0 aliphatic rings. The Morgan fingerprint density at radius 1 is 1.38 bits per heavy atom. The third-order valence-corrected chi connectivity index (χ3v) is 3.94. The number of hydrogen-bond acceptors (Lipinski definition) is 5. The van der Waals surface area contributed by atoms with E-state index in [0.29, 0.717) is 5.76 Å². The van der Waals surface area contributed by atoms with E-state index in [9.17, 15) is 13.2 Å². The molecule has 0 aliphatic heterocycles. The summed E-state index contributed by atoms with van der Waals surface area (Å²) in [6, 6.07) is 5.73. The Balaban J connectivity index is 2.43. The van der Waals surface area contributed by atoms with Crippen molar-refractivity contribution >= 4 is 33.2 Å². The Labute approximate surface area is 125 Å². The molecule has 7 nitrogen and oxygen atoms in total. The molecule has 0 aliphatic carbocycles. The molecule has 5 N–H and O–H groups in total. The zero-order valence-corrected chi connectivity index (χ0v) is 12.2. The van der Waals surface area contributed by atoms with E-state index in [0.717, 1.165) is 6.07 Å². The Bertz CT molecular complexity index is 772. The van der Waals surface area contributed by atoms with Crippen molar-refractivity contribution in [3.05, 3.63) is 46.9 Å². The zero-order chi connectivity index (χ0) is 15.6. The number of halogens is 1. The lowest BCUT2D eigenvalue weighted by atomic mass is 10.2. The predicted octanol–water partition coefficient (Wildman–Crippen LogP) is 1.29. The Hall–Kier alpha value is -2.03. The summed E-state index contributed by atoms with van der Waals surface area (Å²) in [5, 5.41) is 8.00. The molecular formula is C12H12ClN3O4S. The largest absolute Gasteiger partial charge is 0.467 e. The fourth-order valence-corrected chi connectivity index (χ4v) is 2.69. The van der Waals surface area contributed by atoms with E-state index in [1.54, 1.807) is 12.1 Å². The predicted molar refractivity (Wildman–Crippen MR) is 77.4 cm³/mol. The number of nitrogens with one attached hydrogen (secondary N) is 1. The summed E-state index contributed by atoms with van der Waals surface area (Å²) in [4.78, 5) is 11.0. The fraction of sp³-hybridized carbons (Fsp3) is 0.0833. The summed E-state index contributed by atoms with van der Waals surface area (Å²) >= 11 is 5.91. The van der Waals surface area contributed by atoms with Crippen molar-refractivity contribution in [3.63, 3.8) is 0 Å². The minimum atomic E-state index is -4.06. The van der Waals surface area contributed by atoms with E-state index in [2.05, 4.69) is 5.32 Å². The minimum Gasteiger partial charge on any atom is -0.467 e. The average Bonchev–Trinajstić information content (AvgIpc) is 2.87. The molecule has 1 aromatic heterocycles. The number of furan rings is 1. The third-order valence-electron chi connectivity index (χ3n) is 2.67. The van der Waals surface area contributed by atoms with Crippen LogP contribution in [-0.4, -0.2) is 14.3 Å². The summed E-state index contributed by atoms with van der Waals surface area (Å²) in [5.74, 6) is -0.257. The van der Waals surface area contributed by atoms with Gasteiger partial charge in [-0.3, -0.25) is 4.79 Å². The summed E-state index contributed by atoms with van der Waals surface area (Å²) < 4.78 is 28.4. The van der Waals surface area contributed by atoms with Gasteiger partial charge in [0.15, 0.2) is 0 Å². The smallest absolute Gasteiger partial charge is 0.250 e. The highest BCUT2D eigenvalue weighted by Crippen LogP contribution is 2.28. The van der Waals surface area contributed by atoms with E-state index < -0.39 is 15.9 Å². The van der Waals surface area contributed by atoms with Gasteiger partial charge in [0.05, 0.1) is 29.1 Å². The lowest BCUT2D eigenvalue weighted by Gasteiger charge is -2.12. The topological polar surface area (TPSA) is 128 Å². The van der Waals surface area contributed by atoms with Crippen molar-refractivity contribution in [2.45, 2.75) is 11.4 Å². The van der Waals surface area contributed by atoms with Crippen LogP contribution in [0.1, 0.15) is 16.1 Å². The highest BCUT2D eigenvalue weighted by Gasteiger charge is 2.19. The number of sulfonamides is 1. The number of benzene rings is 1. The van der Waals surface area contributed by atoms with Crippen LogP contribution in [0.5, 0.6) is 0 Å². The molecule has 1 aromatic carbocycles. The van der Waals surface area contributed by atoms with Gasteiger partial charge < -0.3 is 15.5 Å². The Kier molecular flexibility index (Phi) is 4.21. The van der Waals surface area contributed by atoms with Gasteiger partial charge in [0, 0.05) is 0 Å². The van der Waals surface area contributed by atoms with Crippen LogP contribution in [0.3, 0.4) is 0 Å². The number of rotatable bonds is 5. The lowest BCUT2D eigenvalue weighted by molar-refractivity contribution is 0.100. The van der Waals surface area contributed by atoms with Crippen LogP contribution in [0.4, 0.5) is 5.69 Å². The standard InChI is InChI=1S/C12H12ClN3O4S/c13-9-5-10(16-6-7-2-1-3-20-7)11(21(15,18)19)4-8(9)12(14)17/h1-5,16H,6H2,(H2,14,17)(H2,15,18,19). The molecular weight excluding hydrogens is 318 g/mol. The summed E-state index contributed by atoms with van der Waals surface area (Å²) in [7, 11) is -4.06. The van der Waals surface area contributed by atoms with Gasteiger partial charge in [0.2, 0.25) is 15.9 Å². The van der Waals surface area contributed by atoms with Crippen LogP contribution >= 0.6 is 11.6 Å². The van der Waals surface area contributed by atoms with Gasteiger partial charge in [-0.2, -0.15) is 0 Å². The molecule has 9 heteroatoms. The van der Waals surface area contributed by atoms with Gasteiger partial charge in [-0.25, -0.2) is 13.6 Å². The molecule has 0 spiro atoms. The molecule has 1 amide bonds. The van der Waals surface area contributed by atoms with E-state index in [4.69, 9.17) is 26.9 Å². The Morgan fingerprint density at radius 2 is 2.10 bits per heavy atom. The van der Waals surface area contributed by atoms with Crippen LogP contribution in [0.25, 0.3) is 0 Å². The van der Waals surface area contributed by atoms with Crippen molar-refractivity contribution in [1.29, 1.82) is 0 Å². The van der Waals surface area contributed by atoms with Crippen molar-refractivity contribution < 1.29 is 17.6 Å². The van der Waals surface area contributed by atoms with Crippen LogP contribution in [-0.2, 0) is 16.6 Å². The number of carbonyl (C=O) groups is 1. The maximum atomic E-state index is 11.6. The average molecular weight is 330 g/mol. The van der Waals surface area contributed by atoms with Crippen LogP contribution in [0.15, 0.2) is 39.8 Å². The number of carbonyl (C=O) groups excluding carboxylic acids is 1. The quantitative estimate of drug-likeness (QED) is 0.761. The SMILES string of the molecule is NC(=O)c1cc(S(N)(=O)=O)c(NCc2ccco2)cc1Cl. The molecule has 0 atom stereocenters. The van der Waals surface area contributed by atoms with Gasteiger partial charge >= 0.3 is 0 Å². The van der Waals surface area contributed by atoms with E-state index in [-0.39, 0.29) is 27.7 Å². The number of anilines is 1. The van der Waals surface area contributed by atoms with E-state index >= 15 is 0 Å². The van der Waals surface area contributed by atoms with Gasteiger partial charge in [0.25, 0.3) is 0 Å². The summed E-state index contributed by atoms with van der Waals surface area (Å²) in [6.07, 6.45) is 1.49. The van der Waals surface area contributed by atoms with Crippen molar-refractivity contribution in [2.24, 2.45) is 10.9 Å². The summed E-state index contributed by atoms with van der Waals surface area (Å²) in [5.41, 5.74) is 5.17. The van der Waals surface area contributed by atoms with Crippen LogP contribution < -0.4 is 16.2 Å². The van der Waals surface area contributed by atoms with Crippen molar-refractivity contribution in [1.82, 2.24) is 0 Å². The second-order valence-corrected chi connectivity index (χ2v) is 6.11. The monoisotopic (exact) mass is 329 g/mol. The van der Waals surface area contributed by atoms with Crippen molar-refractivity contribution in [3.8, 4) is 0 Å². The first-order chi connectivity index (χ1) is 9.79. The molecule has 2 aromatic rings. The molecule has 21 heavy (non-hydrogen) atoms. The second-order valence-electron chi connectivity index (χ2n) is 4.17. The summed E-state index contributed by atoms with van der Waals surface area (Å²) in [6.45, 7) is 0.224. The van der Waals surface area contributed by atoms with Gasteiger partial charge in [-0.15, -0.1) is 0 Å². The normalized spacial score (nSPS) is 11.3. The van der Waals surface area contributed by atoms with Crippen LogP contribution in [0, 0.1) is 0 Å². The molecule has 0 saturated carbocycles.